The molecule has 0 unspecified atom stereocenters. The summed E-state index contributed by atoms with van der Waals surface area (Å²) in [4.78, 5) is 14.3. The summed E-state index contributed by atoms with van der Waals surface area (Å²) in [5.74, 6) is -0.706. The van der Waals surface area contributed by atoms with Crippen LogP contribution in [0.25, 0.3) is 0 Å². The monoisotopic (exact) mass is 259 g/mol. The smallest absolute Gasteiger partial charge is 0.320 e. The van der Waals surface area contributed by atoms with Gasteiger partial charge in [0.2, 0.25) is 0 Å². The summed E-state index contributed by atoms with van der Waals surface area (Å²) in [5, 5.41) is 9.13. The van der Waals surface area contributed by atoms with E-state index >= 15 is 0 Å². The number of rotatable bonds is 3. The standard InChI is InChI=1S/C11H14ClNO2S/c12-10-5-4-8(16-10)7-13-6-2-1-3-9(13)11(14)15/h4-5,9H,1-3,6-7H2,(H,14,15)/t9-/m0/s1. The van der Waals surface area contributed by atoms with Crippen LogP contribution in [-0.4, -0.2) is 28.6 Å². The van der Waals surface area contributed by atoms with Gasteiger partial charge in [0, 0.05) is 11.4 Å². The van der Waals surface area contributed by atoms with E-state index in [2.05, 4.69) is 0 Å². The van der Waals surface area contributed by atoms with Gasteiger partial charge >= 0.3 is 5.97 Å². The molecule has 2 rings (SSSR count). The predicted molar refractivity (Wildman–Crippen MR) is 65.0 cm³/mol. The fourth-order valence-corrected chi connectivity index (χ4v) is 3.21. The molecule has 0 radical (unpaired) electrons. The van der Waals surface area contributed by atoms with Crippen molar-refractivity contribution >= 4 is 28.9 Å². The number of carboxylic acid groups (broad SMARTS) is 1. The minimum absolute atomic E-state index is 0.324. The summed E-state index contributed by atoms with van der Waals surface area (Å²) >= 11 is 7.39. The van der Waals surface area contributed by atoms with Crippen molar-refractivity contribution in [1.29, 1.82) is 0 Å². The van der Waals surface area contributed by atoms with Crippen LogP contribution in [-0.2, 0) is 11.3 Å². The Morgan fingerprint density at radius 3 is 3.00 bits per heavy atom. The van der Waals surface area contributed by atoms with E-state index in [4.69, 9.17) is 16.7 Å². The first kappa shape index (κ1) is 11.9. The third-order valence-electron chi connectivity index (χ3n) is 2.89. The minimum atomic E-state index is -0.706. The van der Waals surface area contributed by atoms with Crippen LogP contribution in [0.1, 0.15) is 24.1 Å². The fraction of sp³-hybridized carbons (Fsp3) is 0.545. The van der Waals surface area contributed by atoms with E-state index in [-0.39, 0.29) is 6.04 Å². The maximum absolute atomic E-state index is 11.1. The molecule has 1 atom stereocenters. The van der Waals surface area contributed by atoms with Crippen molar-refractivity contribution in [3.8, 4) is 0 Å². The number of hydrogen-bond acceptors (Lipinski definition) is 3. The third-order valence-corrected chi connectivity index (χ3v) is 4.10. The first-order valence-corrected chi connectivity index (χ1v) is 6.57. The molecule has 16 heavy (non-hydrogen) atoms. The van der Waals surface area contributed by atoms with Crippen LogP contribution in [0.15, 0.2) is 12.1 Å². The number of piperidine rings is 1. The largest absolute Gasteiger partial charge is 0.480 e. The number of likely N-dealkylation sites (tertiary alicyclic amines) is 1. The second-order valence-electron chi connectivity index (χ2n) is 4.03. The lowest BCUT2D eigenvalue weighted by molar-refractivity contribution is -0.144. The van der Waals surface area contributed by atoms with Crippen molar-refractivity contribution in [1.82, 2.24) is 4.90 Å². The summed E-state index contributed by atoms with van der Waals surface area (Å²) in [6.07, 6.45) is 2.86. The van der Waals surface area contributed by atoms with E-state index in [0.29, 0.717) is 6.54 Å². The molecular weight excluding hydrogens is 246 g/mol. The molecule has 1 N–H and O–H groups in total. The molecule has 1 aliphatic rings. The zero-order chi connectivity index (χ0) is 11.5. The lowest BCUT2D eigenvalue weighted by atomic mass is 10.0. The highest BCUT2D eigenvalue weighted by Gasteiger charge is 2.28. The van der Waals surface area contributed by atoms with Crippen LogP contribution in [0.2, 0.25) is 4.34 Å². The molecule has 2 heterocycles. The Kier molecular flexibility index (Phi) is 3.84. The van der Waals surface area contributed by atoms with Gasteiger partial charge in [0.05, 0.1) is 4.34 Å². The fourth-order valence-electron chi connectivity index (χ4n) is 2.10. The topological polar surface area (TPSA) is 40.5 Å². The van der Waals surface area contributed by atoms with Gasteiger partial charge in [0.15, 0.2) is 0 Å². The normalized spacial score (nSPS) is 22.2. The molecule has 0 bridgehead atoms. The van der Waals surface area contributed by atoms with E-state index in [9.17, 15) is 4.79 Å². The highest BCUT2D eigenvalue weighted by atomic mass is 35.5. The number of nitrogens with zero attached hydrogens (tertiary/aromatic N) is 1. The van der Waals surface area contributed by atoms with E-state index < -0.39 is 5.97 Å². The molecule has 0 amide bonds. The van der Waals surface area contributed by atoms with Gasteiger partial charge in [0.1, 0.15) is 6.04 Å². The van der Waals surface area contributed by atoms with Gasteiger partial charge in [-0.25, -0.2) is 0 Å². The Hall–Kier alpha value is -0.580. The molecule has 3 nitrogen and oxygen atoms in total. The average molecular weight is 260 g/mol. The highest BCUT2D eigenvalue weighted by Crippen LogP contribution is 2.26. The third kappa shape index (κ3) is 2.75. The lowest BCUT2D eigenvalue weighted by Crippen LogP contribution is -2.43. The highest BCUT2D eigenvalue weighted by molar-refractivity contribution is 7.16. The van der Waals surface area contributed by atoms with Gasteiger partial charge in [0.25, 0.3) is 0 Å². The van der Waals surface area contributed by atoms with E-state index in [1.165, 1.54) is 11.3 Å². The van der Waals surface area contributed by atoms with Gasteiger partial charge in [-0.15, -0.1) is 11.3 Å². The minimum Gasteiger partial charge on any atom is -0.480 e. The first-order chi connectivity index (χ1) is 7.66. The van der Waals surface area contributed by atoms with Crippen LogP contribution < -0.4 is 0 Å². The molecule has 1 aromatic heterocycles. The number of carboxylic acids is 1. The number of hydrogen-bond donors (Lipinski definition) is 1. The molecule has 1 saturated heterocycles. The van der Waals surface area contributed by atoms with Crippen LogP contribution in [0, 0.1) is 0 Å². The molecule has 88 valence electrons. The van der Waals surface area contributed by atoms with Gasteiger partial charge in [-0.1, -0.05) is 18.0 Å². The number of carbonyl (C=O) groups is 1. The van der Waals surface area contributed by atoms with Crippen LogP contribution >= 0.6 is 22.9 Å². The zero-order valence-electron chi connectivity index (χ0n) is 8.86. The molecule has 0 aliphatic carbocycles. The lowest BCUT2D eigenvalue weighted by Gasteiger charge is -2.32. The SMILES string of the molecule is O=C(O)[C@@H]1CCCCN1Cc1ccc(Cl)s1. The number of halogens is 1. The summed E-state index contributed by atoms with van der Waals surface area (Å²) < 4.78 is 0.763. The Labute approximate surface area is 104 Å². The Bertz CT molecular complexity index is 380. The van der Waals surface area contributed by atoms with Gasteiger partial charge in [-0.05, 0) is 31.5 Å². The maximum atomic E-state index is 11.1. The van der Waals surface area contributed by atoms with E-state index in [1.54, 1.807) is 0 Å². The molecule has 1 aromatic rings. The first-order valence-electron chi connectivity index (χ1n) is 5.38. The van der Waals surface area contributed by atoms with Crippen molar-refractivity contribution in [2.45, 2.75) is 31.8 Å². The molecule has 1 fully saturated rings. The second kappa shape index (κ2) is 5.17. The van der Waals surface area contributed by atoms with Crippen LogP contribution in [0.4, 0.5) is 0 Å². The van der Waals surface area contributed by atoms with Crippen molar-refractivity contribution in [3.05, 3.63) is 21.3 Å². The average Bonchev–Trinajstić information content (AvgIpc) is 2.64. The Balaban J connectivity index is 2.03. The zero-order valence-corrected chi connectivity index (χ0v) is 10.4. The molecule has 0 saturated carbocycles. The van der Waals surface area contributed by atoms with Crippen molar-refractivity contribution in [3.63, 3.8) is 0 Å². The predicted octanol–water partition coefficient (Wildman–Crippen LogP) is 2.84. The summed E-state index contributed by atoms with van der Waals surface area (Å²) in [5.41, 5.74) is 0. The Morgan fingerprint density at radius 1 is 1.56 bits per heavy atom. The van der Waals surface area contributed by atoms with Crippen molar-refractivity contribution < 1.29 is 9.90 Å². The number of thiophene rings is 1. The summed E-state index contributed by atoms with van der Waals surface area (Å²) in [6, 6.07) is 3.51. The molecular formula is C11H14ClNO2S. The van der Waals surface area contributed by atoms with Crippen molar-refractivity contribution in [2.75, 3.05) is 6.54 Å². The van der Waals surface area contributed by atoms with Gasteiger partial charge in [-0.2, -0.15) is 0 Å². The maximum Gasteiger partial charge on any atom is 0.320 e. The van der Waals surface area contributed by atoms with Gasteiger partial charge < -0.3 is 5.11 Å². The van der Waals surface area contributed by atoms with E-state index in [0.717, 1.165) is 35.0 Å². The van der Waals surface area contributed by atoms with Crippen LogP contribution in [0.3, 0.4) is 0 Å². The summed E-state index contributed by atoms with van der Waals surface area (Å²) in [6.45, 7) is 1.57. The molecule has 5 heteroatoms. The molecule has 1 aliphatic heterocycles. The van der Waals surface area contributed by atoms with Crippen LogP contribution in [0.5, 0.6) is 0 Å². The molecule has 0 aromatic carbocycles. The number of aliphatic carboxylic acids is 1. The second-order valence-corrected chi connectivity index (χ2v) is 5.83. The Morgan fingerprint density at radius 2 is 2.38 bits per heavy atom. The van der Waals surface area contributed by atoms with E-state index in [1.807, 2.05) is 17.0 Å². The summed E-state index contributed by atoms with van der Waals surface area (Å²) in [7, 11) is 0. The van der Waals surface area contributed by atoms with Gasteiger partial charge in [-0.3, -0.25) is 9.69 Å². The molecule has 0 spiro atoms. The quantitative estimate of drug-likeness (QED) is 0.908. The van der Waals surface area contributed by atoms with Crippen molar-refractivity contribution in [2.24, 2.45) is 0 Å².